The van der Waals surface area contributed by atoms with Crippen molar-refractivity contribution in [1.29, 1.82) is 0 Å². The fraction of sp³-hybridized carbons (Fsp3) is 0.273. The van der Waals surface area contributed by atoms with Crippen molar-refractivity contribution in [2.24, 2.45) is 5.92 Å². The second-order valence-electron chi connectivity index (χ2n) is 7.71. The van der Waals surface area contributed by atoms with Gasteiger partial charge in [0.05, 0.1) is 11.7 Å². The van der Waals surface area contributed by atoms with E-state index in [0.29, 0.717) is 29.9 Å². The largest absolute Gasteiger partial charge is 0.486 e. The Hall–Kier alpha value is -3.68. The van der Waals surface area contributed by atoms with Crippen molar-refractivity contribution < 1.29 is 9.53 Å². The molecule has 8 nitrogen and oxygen atoms in total. The molecule has 30 heavy (non-hydrogen) atoms. The summed E-state index contributed by atoms with van der Waals surface area (Å²) in [5.74, 6) is 2.26. The number of Topliss-reactive ketones (excluding diaryl/α,β-unsaturated/α-hetero) is 1. The topological polar surface area (TPSA) is 109 Å². The van der Waals surface area contributed by atoms with Crippen molar-refractivity contribution in [2.75, 3.05) is 11.9 Å². The second-order valence-corrected chi connectivity index (χ2v) is 7.71. The smallest absolute Gasteiger partial charge is 0.246 e. The third kappa shape index (κ3) is 4.48. The molecule has 0 aliphatic carbocycles. The molecule has 3 N–H and O–H groups in total. The molecule has 2 aromatic heterocycles. The van der Waals surface area contributed by atoms with Crippen LogP contribution in [0.4, 0.5) is 11.6 Å². The van der Waals surface area contributed by atoms with Gasteiger partial charge in [-0.25, -0.2) is 0 Å². The summed E-state index contributed by atoms with van der Waals surface area (Å²) in [6, 6.07) is 11.6. The fourth-order valence-corrected chi connectivity index (χ4v) is 3.23. The number of anilines is 2. The normalized spacial score (nSPS) is 11.2. The Morgan fingerprint density at radius 3 is 2.83 bits per heavy atom. The van der Waals surface area contributed by atoms with E-state index in [0.717, 1.165) is 27.7 Å². The lowest BCUT2D eigenvalue weighted by atomic mass is 10.1. The van der Waals surface area contributed by atoms with Crippen molar-refractivity contribution in [3.63, 3.8) is 0 Å². The van der Waals surface area contributed by atoms with E-state index in [4.69, 9.17) is 4.74 Å². The van der Waals surface area contributed by atoms with Crippen LogP contribution in [0.1, 0.15) is 25.8 Å². The number of ketones is 1. The number of carbonyl (C=O) groups excluding carboxylic acids is 1. The van der Waals surface area contributed by atoms with Crippen LogP contribution in [0.3, 0.4) is 0 Å². The van der Waals surface area contributed by atoms with Crippen molar-refractivity contribution in [3.8, 4) is 17.1 Å². The molecule has 0 saturated carbocycles. The first kappa shape index (κ1) is 19.6. The van der Waals surface area contributed by atoms with E-state index in [1.807, 2.05) is 57.2 Å². The number of aromatic nitrogens is 5. The monoisotopic (exact) mass is 404 g/mol. The predicted molar refractivity (Wildman–Crippen MR) is 116 cm³/mol. The van der Waals surface area contributed by atoms with Gasteiger partial charge in [-0.2, -0.15) is 10.1 Å². The maximum Gasteiger partial charge on any atom is 0.246 e. The Bertz CT molecular complexity index is 1180. The zero-order valence-corrected chi connectivity index (χ0v) is 17.2. The first-order chi connectivity index (χ1) is 14.5. The minimum Gasteiger partial charge on any atom is -0.486 e. The van der Waals surface area contributed by atoms with Crippen LogP contribution >= 0.6 is 0 Å². The summed E-state index contributed by atoms with van der Waals surface area (Å²) >= 11 is 0. The van der Waals surface area contributed by atoms with Crippen LogP contribution in [0.25, 0.3) is 22.3 Å². The summed E-state index contributed by atoms with van der Waals surface area (Å²) in [4.78, 5) is 16.4. The molecule has 2 heterocycles. The molecule has 0 fully saturated rings. The lowest BCUT2D eigenvalue weighted by molar-refractivity contribution is -0.121. The molecular formula is C22H24N6O2. The van der Waals surface area contributed by atoms with E-state index in [2.05, 4.69) is 30.7 Å². The molecule has 0 aliphatic rings. The van der Waals surface area contributed by atoms with Crippen LogP contribution in [-0.2, 0) is 4.79 Å². The molecule has 0 radical (unpaired) electrons. The molecule has 2 aromatic carbocycles. The van der Waals surface area contributed by atoms with Crippen LogP contribution in [-0.4, -0.2) is 37.8 Å². The third-order valence-corrected chi connectivity index (χ3v) is 4.65. The first-order valence-electron chi connectivity index (χ1n) is 9.86. The fourth-order valence-electron chi connectivity index (χ4n) is 3.23. The van der Waals surface area contributed by atoms with Gasteiger partial charge in [-0.3, -0.25) is 15.0 Å². The maximum atomic E-state index is 11.9. The standard InChI is InChI=1S/C22H24N6O2/c1-13(2)8-18(29)12-30-20-7-4-15(9-14(20)3)21-25-22(28-27-21)24-17-5-6-19-16(10-17)11-23-26-19/h4-7,9-11,13H,8,12H2,1-3H3,(H,23,26)(H2,24,25,27,28). The van der Waals surface area contributed by atoms with E-state index >= 15 is 0 Å². The number of carbonyl (C=O) groups is 1. The molecule has 0 bridgehead atoms. The molecule has 0 atom stereocenters. The van der Waals surface area contributed by atoms with Gasteiger partial charge >= 0.3 is 0 Å². The van der Waals surface area contributed by atoms with Gasteiger partial charge in [-0.05, 0) is 54.8 Å². The number of fused-ring (bicyclic) bond motifs is 1. The molecule has 0 aliphatic heterocycles. The van der Waals surface area contributed by atoms with Gasteiger partial charge in [-0.15, -0.1) is 5.10 Å². The van der Waals surface area contributed by atoms with E-state index in [-0.39, 0.29) is 12.4 Å². The summed E-state index contributed by atoms with van der Waals surface area (Å²) in [6.07, 6.45) is 2.30. The summed E-state index contributed by atoms with van der Waals surface area (Å²) in [5, 5.41) is 18.4. The van der Waals surface area contributed by atoms with Crippen LogP contribution < -0.4 is 10.1 Å². The number of hydrogen-bond donors (Lipinski definition) is 3. The van der Waals surface area contributed by atoms with Gasteiger partial charge in [0.1, 0.15) is 12.4 Å². The zero-order valence-electron chi connectivity index (χ0n) is 17.2. The van der Waals surface area contributed by atoms with Gasteiger partial charge in [-0.1, -0.05) is 13.8 Å². The average molecular weight is 404 g/mol. The third-order valence-electron chi connectivity index (χ3n) is 4.65. The lowest BCUT2D eigenvalue weighted by Gasteiger charge is -2.10. The van der Waals surface area contributed by atoms with Gasteiger partial charge in [0, 0.05) is 23.1 Å². The molecule has 4 aromatic rings. The number of rotatable bonds is 8. The van der Waals surface area contributed by atoms with E-state index in [9.17, 15) is 4.79 Å². The minimum atomic E-state index is 0.0930. The second kappa shape index (κ2) is 8.36. The Balaban J connectivity index is 1.43. The lowest BCUT2D eigenvalue weighted by Crippen LogP contribution is -2.13. The van der Waals surface area contributed by atoms with Crippen LogP contribution in [0, 0.1) is 12.8 Å². The van der Waals surface area contributed by atoms with Crippen molar-refractivity contribution in [2.45, 2.75) is 27.2 Å². The van der Waals surface area contributed by atoms with Gasteiger partial charge in [0.25, 0.3) is 0 Å². The molecule has 0 amide bonds. The highest BCUT2D eigenvalue weighted by molar-refractivity contribution is 5.82. The molecule has 154 valence electrons. The molecule has 8 heteroatoms. The molecule has 4 rings (SSSR count). The Morgan fingerprint density at radius 2 is 2.03 bits per heavy atom. The van der Waals surface area contributed by atoms with Gasteiger partial charge in [0.15, 0.2) is 11.6 Å². The molecular weight excluding hydrogens is 380 g/mol. The Kier molecular flexibility index (Phi) is 5.47. The number of aromatic amines is 2. The van der Waals surface area contributed by atoms with Crippen molar-refractivity contribution in [3.05, 3.63) is 48.2 Å². The predicted octanol–water partition coefficient (Wildman–Crippen LogP) is 4.39. The summed E-state index contributed by atoms with van der Waals surface area (Å²) < 4.78 is 5.69. The Labute approximate surface area is 174 Å². The van der Waals surface area contributed by atoms with Crippen LogP contribution in [0.15, 0.2) is 42.6 Å². The maximum absolute atomic E-state index is 11.9. The number of nitrogens with zero attached hydrogens (tertiary/aromatic N) is 3. The quantitative estimate of drug-likeness (QED) is 0.402. The highest BCUT2D eigenvalue weighted by Crippen LogP contribution is 2.26. The highest BCUT2D eigenvalue weighted by atomic mass is 16.5. The van der Waals surface area contributed by atoms with Crippen LogP contribution in [0.2, 0.25) is 0 Å². The van der Waals surface area contributed by atoms with E-state index < -0.39 is 0 Å². The Morgan fingerprint density at radius 1 is 1.17 bits per heavy atom. The molecule has 0 saturated heterocycles. The van der Waals surface area contributed by atoms with Crippen molar-refractivity contribution >= 4 is 28.3 Å². The van der Waals surface area contributed by atoms with Gasteiger partial charge < -0.3 is 10.1 Å². The number of ether oxygens (including phenoxy) is 1. The summed E-state index contributed by atoms with van der Waals surface area (Å²) in [6.45, 7) is 6.08. The number of hydrogen-bond acceptors (Lipinski definition) is 6. The van der Waals surface area contributed by atoms with E-state index in [1.165, 1.54) is 0 Å². The average Bonchev–Trinajstić information content (AvgIpc) is 3.35. The van der Waals surface area contributed by atoms with Crippen molar-refractivity contribution in [1.82, 2.24) is 25.4 Å². The zero-order chi connectivity index (χ0) is 21.1. The highest BCUT2D eigenvalue weighted by Gasteiger charge is 2.11. The summed E-state index contributed by atoms with van der Waals surface area (Å²) in [7, 11) is 0. The van der Waals surface area contributed by atoms with Gasteiger partial charge in [0.2, 0.25) is 5.95 Å². The number of H-pyrrole nitrogens is 2. The SMILES string of the molecule is Cc1cc(-c2nc(Nc3ccc4[nH]ncc4c3)n[nH]2)ccc1OCC(=O)CC(C)C. The number of nitrogens with one attached hydrogen (secondary N) is 3. The number of aryl methyl sites for hydroxylation is 1. The first-order valence-corrected chi connectivity index (χ1v) is 9.86. The number of benzene rings is 2. The molecule has 0 unspecified atom stereocenters. The van der Waals surface area contributed by atoms with Crippen LogP contribution in [0.5, 0.6) is 5.75 Å². The minimum absolute atomic E-state index is 0.0930. The molecule has 0 spiro atoms. The van der Waals surface area contributed by atoms with E-state index in [1.54, 1.807) is 6.20 Å². The summed E-state index contributed by atoms with van der Waals surface area (Å²) in [5.41, 5.74) is 3.67.